The van der Waals surface area contributed by atoms with E-state index in [0.717, 1.165) is 16.2 Å². The third kappa shape index (κ3) is 6.43. The predicted molar refractivity (Wildman–Crippen MR) is 170 cm³/mol. The predicted octanol–water partition coefficient (Wildman–Crippen LogP) is 5.35. The Morgan fingerprint density at radius 1 is 0.886 bits per heavy atom. The smallest absolute Gasteiger partial charge is 0.299 e. The van der Waals surface area contributed by atoms with Crippen LogP contribution in [0.2, 0.25) is 5.02 Å². The summed E-state index contributed by atoms with van der Waals surface area (Å²) in [4.78, 5) is 58.5. The molecule has 4 aromatic rings. The quantitative estimate of drug-likeness (QED) is 0.243. The molecule has 0 radical (unpaired) electrons. The number of hydrogen-bond acceptors (Lipinski definition) is 6. The lowest BCUT2D eigenvalue weighted by Crippen LogP contribution is -2.46. The number of amides is 3. The van der Waals surface area contributed by atoms with Crippen LogP contribution in [0.3, 0.4) is 0 Å². The molecule has 1 heterocycles. The highest BCUT2D eigenvalue weighted by Crippen LogP contribution is 2.31. The molecule has 9 nitrogen and oxygen atoms in total. The molecule has 1 unspecified atom stereocenters. The number of para-hydroxylation sites is 1. The molecule has 3 amide bonds. The lowest BCUT2D eigenvalue weighted by Gasteiger charge is -2.33. The molecule has 1 aliphatic heterocycles. The van der Waals surface area contributed by atoms with Crippen molar-refractivity contribution in [1.82, 2.24) is 4.90 Å². The van der Waals surface area contributed by atoms with E-state index in [0.29, 0.717) is 27.7 Å². The van der Waals surface area contributed by atoms with Crippen molar-refractivity contribution in [3.05, 3.63) is 119 Å². The van der Waals surface area contributed by atoms with Gasteiger partial charge in [0.15, 0.2) is 0 Å². The molecule has 0 saturated carbocycles. The van der Waals surface area contributed by atoms with Crippen molar-refractivity contribution < 1.29 is 23.9 Å². The lowest BCUT2D eigenvalue weighted by atomic mass is 10.0. The van der Waals surface area contributed by atoms with Gasteiger partial charge in [0.05, 0.1) is 18.4 Å². The highest BCUT2D eigenvalue weighted by molar-refractivity contribution is 6.52. The Bertz CT molecular complexity index is 1690. The molecule has 0 aliphatic carbocycles. The van der Waals surface area contributed by atoms with Crippen LogP contribution in [-0.2, 0) is 20.9 Å². The van der Waals surface area contributed by atoms with Crippen molar-refractivity contribution in [2.45, 2.75) is 12.6 Å². The summed E-state index contributed by atoms with van der Waals surface area (Å²) in [6, 6.07) is 26.6. The fourth-order valence-corrected chi connectivity index (χ4v) is 5.18. The fraction of sp³-hybridized carbons (Fsp3) is 0.176. The second-order valence-corrected chi connectivity index (χ2v) is 10.9. The summed E-state index contributed by atoms with van der Waals surface area (Å²) in [6.07, 6.45) is 0. The zero-order valence-corrected chi connectivity index (χ0v) is 25.2. The number of nitrogens with one attached hydrogen (secondary N) is 1. The zero-order chi connectivity index (χ0) is 31.4. The van der Waals surface area contributed by atoms with Gasteiger partial charge in [-0.15, -0.1) is 0 Å². The number of ether oxygens (including phenoxy) is 1. The van der Waals surface area contributed by atoms with Gasteiger partial charge in [-0.1, -0.05) is 48.0 Å². The largest absolute Gasteiger partial charge is 0.497 e. The Morgan fingerprint density at radius 2 is 1.55 bits per heavy atom. The maximum atomic E-state index is 14.2. The molecule has 0 bridgehead atoms. The summed E-state index contributed by atoms with van der Waals surface area (Å²) in [6.45, 7) is -0.409. The summed E-state index contributed by atoms with van der Waals surface area (Å²) in [5.41, 5.74) is 3.34. The van der Waals surface area contributed by atoms with Gasteiger partial charge < -0.3 is 19.9 Å². The monoisotopic (exact) mass is 610 g/mol. The molecule has 4 aromatic carbocycles. The molecule has 0 aromatic heterocycles. The third-order valence-corrected chi connectivity index (χ3v) is 7.65. The van der Waals surface area contributed by atoms with Crippen LogP contribution in [0.15, 0.2) is 97.1 Å². The standard InChI is InChI=1S/C34H31ClN4O5/c1-37(2)26-16-14-25(15-17-26)36-33(42)31(23-10-12-24(35)13-11-23)39(20-22-8-18-27(44-3)19-9-22)30(40)21-38-29-7-5-4-6-28(29)32(41)34(38)43/h4-19,31H,20-21H2,1-3H3,(H,36,42). The number of nitrogens with zero attached hydrogens (tertiary/aromatic N) is 3. The number of anilines is 3. The summed E-state index contributed by atoms with van der Waals surface area (Å²) in [7, 11) is 5.40. The van der Waals surface area contributed by atoms with Crippen molar-refractivity contribution in [2.24, 2.45) is 0 Å². The molecule has 5 rings (SSSR count). The zero-order valence-electron chi connectivity index (χ0n) is 24.5. The molecule has 1 aliphatic rings. The van der Waals surface area contributed by atoms with E-state index in [1.165, 1.54) is 4.90 Å². The highest BCUT2D eigenvalue weighted by Gasteiger charge is 2.39. The molecule has 0 saturated heterocycles. The molecular formula is C34H31ClN4O5. The Kier molecular flexibility index (Phi) is 8.96. The molecular weight excluding hydrogens is 580 g/mol. The summed E-state index contributed by atoms with van der Waals surface area (Å²) >= 11 is 6.18. The Balaban J connectivity index is 1.53. The average molecular weight is 611 g/mol. The fourth-order valence-electron chi connectivity index (χ4n) is 5.05. The van der Waals surface area contributed by atoms with Gasteiger partial charge in [0, 0.05) is 37.0 Å². The Labute approximate surface area is 260 Å². The van der Waals surface area contributed by atoms with E-state index in [1.807, 2.05) is 31.1 Å². The van der Waals surface area contributed by atoms with Crippen LogP contribution in [0.1, 0.15) is 27.5 Å². The van der Waals surface area contributed by atoms with E-state index in [4.69, 9.17) is 16.3 Å². The number of ketones is 1. The van der Waals surface area contributed by atoms with Crippen molar-refractivity contribution in [2.75, 3.05) is 42.9 Å². The second-order valence-electron chi connectivity index (χ2n) is 10.5. The molecule has 44 heavy (non-hydrogen) atoms. The van der Waals surface area contributed by atoms with Crippen molar-refractivity contribution >= 4 is 52.2 Å². The van der Waals surface area contributed by atoms with Crippen molar-refractivity contribution in [1.29, 1.82) is 0 Å². The van der Waals surface area contributed by atoms with Crippen molar-refractivity contribution in [3.63, 3.8) is 0 Å². The normalized spacial score (nSPS) is 12.9. The van der Waals surface area contributed by atoms with Gasteiger partial charge in [0.25, 0.3) is 17.6 Å². The van der Waals surface area contributed by atoms with E-state index in [1.54, 1.807) is 92.0 Å². The van der Waals surface area contributed by atoms with Crippen LogP contribution < -0.4 is 19.9 Å². The number of carbonyl (C=O) groups excluding carboxylic acids is 4. The second kappa shape index (κ2) is 13.0. The van der Waals surface area contributed by atoms with E-state index >= 15 is 0 Å². The van der Waals surface area contributed by atoms with E-state index in [-0.39, 0.29) is 12.1 Å². The minimum Gasteiger partial charge on any atom is -0.497 e. The maximum Gasteiger partial charge on any atom is 0.299 e. The molecule has 224 valence electrons. The number of hydrogen-bond donors (Lipinski definition) is 1. The van der Waals surface area contributed by atoms with Crippen LogP contribution in [0.25, 0.3) is 0 Å². The van der Waals surface area contributed by atoms with Gasteiger partial charge in [-0.2, -0.15) is 0 Å². The van der Waals surface area contributed by atoms with Gasteiger partial charge in [-0.05, 0) is 71.8 Å². The van der Waals surface area contributed by atoms with Crippen LogP contribution >= 0.6 is 11.6 Å². The molecule has 0 fully saturated rings. The summed E-state index contributed by atoms with van der Waals surface area (Å²) in [5, 5.41) is 3.42. The minimum atomic E-state index is -1.11. The van der Waals surface area contributed by atoms with Gasteiger partial charge >= 0.3 is 0 Å². The van der Waals surface area contributed by atoms with Gasteiger partial charge in [0.2, 0.25) is 5.91 Å². The number of methoxy groups -OCH3 is 1. The van der Waals surface area contributed by atoms with E-state index in [9.17, 15) is 19.2 Å². The number of Topliss-reactive ketones (excluding diaryl/α,β-unsaturated/α-hetero) is 1. The third-order valence-electron chi connectivity index (χ3n) is 7.40. The number of benzene rings is 4. The SMILES string of the molecule is COc1ccc(CN(C(=O)CN2C(=O)C(=O)c3ccccc32)C(C(=O)Nc2ccc(N(C)C)cc2)c2ccc(Cl)cc2)cc1. The number of fused-ring (bicyclic) bond motifs is 1. The van der Waals surface area contributed by atoms with Gasteiger partial charge in [-0.25, -0.2) is 0 Å². The number of rotatable bonds is 10. The lowest BCUT2D eigenvalue weighted by molar-refractivity contribution is -0.139. The molecule has 1 atom stereocenters. The highest BCUT2D eigenvalue weighted by atomic mass is 35.5. The van der Waals surface area contributed by atoms with Crippen molar-refractivity contribution in [3.8, 4) is 5.75 Å². The van der Waals surface area contributed by atoms with Crippen LogP contribution in [0.5, 0.6) is 5.75 Å². The van der Waals surface area contributed by atoms with Gasteiger partial charge in [-0.3, -0.25) is 24.1 Å². The van der Waals surface area contributed by atoms with E-state index in [2.05, 4.69) is 5.32 Å². The minimum absolute atomic E-state index is 0.0285. The first-order chi connectivity index (χ1) is 21.2. The Hall–Kier alpha value is -5.15. The number of carbonyl (C=O) groups is 4. The Morgan fingerprint density at radius 3 is 2.18 bits per heavy atom. The summed E-state index contributed by atoms with van der Waals surface area (Å²) in [5.74, 6) is -1.83. The van der Waals surface area contributed by atoms with Crippen LogP contribution in [-0.4, -0.2) is 56.2 Å². The molecule has 0 spiro atoms. The molecule has 10 heteroatoms. The maximum absolute atomic E-state index is 14.2. The van der Waals surface area contributed by atoms with E-state index < -0.39 is 36.1 Å². The first kappa shape index (κ1) is 30.3. The van der Waals surface area contributed by atoms with Gasteiger partial charge in [0.1, 0.15) is 18.3 Å². The van der Waals surface area contributed by atoms with Crippen LogP contribution in [0, 0.1) is 0 Å². The number of halogens is 1. The first-order valence-corrected chi connectivity index (χ1v) is 14.3. The van der Waals surface area contributed by atoms with Crippen LogP contribution in [0.4, 0.5) is 17.1 Å². The summed E-state index contributed by atoms with van der Waals surface area (Å²) < 4.78 is 5.28. The topological polar surface area (TPSA) is 99.3 Å². The molecule has 1 N–H and O–H groups in total. The average Bonchev–Trinajstić information content (AvgIpc) is 3.27. The first-order valence-electron chi connectivity index (χ1n) is 13.9.